The molecule has 1 heterocycles. The minimum Gasteiger partial charge on any atom is -0.383 e. The third-order valence-electron chi connectivity index (χ3n) is 3.87. The van der Waals surface area contributed by atoms with E-state index in [-0.39, 0.29) is 18.4 Å². The van der Waals surface area contributed by atoms with Crippen molar-refractivity contribution in [3.8, 4) is 0 Å². The van der Waals surface area contributed by atoms with Crippen LogP contribution in [0.25, 0.3) is 0 Å². The zero-order valence-corrected chi connectivity index (χ0v) is 15.4. The number of hydrogen-bond acceptors (Lipinski definition) is 4. The highest BCUT2D eigenvalue weighted by Gasteiger charge is 2.12. The molecule has 2 rings (SSSR count). The number of benzene rings is 1. The number of ether oxygens (including phenoxy) is 1. The molecule has 0 saturated heterocycles. The molecule has 1 aromatic carbocycles. The van der Waals surface area contributed by atoms with E-state index in [2.05, 4.69) is 15.6 Å². The van der Waals surface area contributed by atoms with E-state index in [1.165, 1.54) is 4.90 Å². The van der Waals surface area contributed by atoms with Crippen molar-refractivity contribution in [2.75, 3.05) is 33.1 Å². The molecule has 26 heavy (non-hydrogen) atoms. The minimum absolute atomic E-state index is 0.0262. The van der Waals surface area contributed by atoms with Crippen LogP contribution in [-0.4, -0.2) is 54.2 Å². The van der Waals surface area contributed by atoms with Crippen molar-refractivity contribution in [1.82, 2.24) is 19.8 Å². The van der Waals surface area contributed by atoms with Gasteiger partial charge in [-0.25, -0.2) is 9.78 Å². The number of aromatic nitrogens is 2. The maximum atomic E-state index is 12.2. The van der Waals surface area contributed by atoms with Crippen LogP contribution >= 0.6 is 0 Å². The van der Waals surface area contributed by atoms with Crippen molar-refractivity contribution < 1.29 is 14.3 Å². The Labute approximate surface area is 153 Å². The maximum absolute atomic E-state index is 12.2. The number of carbonyl (C=O) groups is 2. The third kappa shape index (κ3) is 5.59. The molecule has 0 unspecified atom stereocenters. The Morgan fingerprint density at radius 1 is 1.27 bits per heavy atom. The van der Waals surface area contributed by atoms with Crippen LogP contribution in [0.1, 0.15) is 11.3 Å². The van der Waals surface area contributed by atoms with Crippen molar-refractivity contribution in [2.24, 2.45) is 0 Å². The lowest BCUT2D eigenvalue weighted by atomic mass is 10.1. The number of rotatable bonds is 8. The zero-order valence-electron chi connectivity index (χ0n) is 15.4. The predicted octanol–water partition coefficient (Wildman–Crippen LogP) is 1.48. The first-order valence-electron chi connectivity index (χ1n) is 8.32. The monoisotopic (exact) mass is 359 g/mol. The number of carbonyl (C=O) groups excluding carboxylic acids is 2. The molecule has 2 aromatic rings. The van der Waals surface area contributed by atoms with E-state index in [0.717, 1.165) is 11.3 Å². The van der Waals surface area contributed by atoms with Crippen LogP contribution in [0.15, 0.2) is 36.8 Å². The zero-order chi connectivity index (χ0) is 18.9. The molecule has 0 radical (unpaired) electrons. The largest absolute Gasteiger partial charge is 0.383 e. The fraction of sp³-hybridized carbons (Fsp3) is 0.389. The first kappa shape index (κ1) is 19.5. The van der Waals surface area contributed by atoms with E-state index in [0.29, 0.717) is 25.4 Å². The van der Waals surface area contributed by atoms with Gasteiger partial charge in [-0.1, -0.05) is 18.2 Å². The summed E-state index contributed by atoms with van der Waals surface area (Å²) in [6.07, 6.45) is 3.64. The Morgan fingerprint density at radius 3 is 2.77 bits per heavy atom. The third-order valence-corrected chi connectivity index (χ3v) is 3.87. The molecule has 3 amide bonds. The standard InChI is InChI=1S/C18H25N5O3/c1-22(2)17(24)10-14-6-4-5-7-16(14)21-18(25)20-12-15-11-19-13-23(15)8-9-26-3/h4-7,11,13H,8-10,12H2,1-3H3,(H2,20,21,25). The molecular formula is C18H25N5O3. The number of nitrogens with zero attached hydrogens (tertiary/aromatic N) is 3. The number of anilines is 1. The Bertz CT molecular complexity index is 742. The van der Waals surface area contributed by atoms with Crippen LogP contribution in [0.5, 0.6) is 0 Å². The molecule has 0 bridgehead atoms. The summed E-state index contributed by atoms with van der Waals surface area (Å²) in [5.41, 5.74) is 2.27. The van der Waals surface area contributed by atoms with Crippen molar-refractivity contribution >= 4 is 17.6 Å². The van der Waals surface area contributed by atoms with Gasteiger partial charge < -0.3 is 24.8 Å². The van der Waals surface area contributed by atoms with E-state index in [4.69, 9.17) is 4.74 Å². The molecule has 0 spiro atoms. The highest BCUT2D eigenvalue weighted by atomic mass is 16.5. The van der Waals surface area contributed by atoms with Gasteiger partial charge in [0.15, 0.2) is 0 Å². The Balaban J connectivity index is 1.94. The van der Waals surface area contributed by atoms with Gasteiger partial charge in [-0.2, -0.15) is 0 Å². The number of amides is 3. The smallest absolute Gasteiger partial charge is 0.319 e. The number of hydrogen-bond donors (Lipinski definition) is 2. The van der Waals surface area contributed by atoms with Gasteiger partial charge in [0.1, 0.15) is 0 Å². The van der Waals surface area contributed by atoms with E-state index in [1.54, 1.807) is 39.8 Å². The second-order valence-corrected chi connectivity index (χ2v) is 6.00. The first-order valence-corrected chi connectivity index (χ1v) is 8.32. The summed E-state index contributed by atoms with van der Waals surface area (Å²) in [4.78, 5) is 29.8. The average molecular weight is 359 g/mol. The molecule has 140 valence electrons. The SMILES string of the molecule is COCCn1cncc1CNC(=O)Nc1ccccc1CC(=O)N(C)C. The molecule has 8 nitrogen and oxygen atoms in total. The van der Waals surface area contributed by atoms with E-state index >= 15 is 0 Å². The van der Waals surface area contributed by atoms with Gasteiger partial charge >= 0.3 is 6.03 Å². The average Bonchev–Trinajstić information content (AvgIpc) is 3.07. The van der Waals surface area contributed by atoms with Gasteiger partial charge in [0.2, 0.25) is 5.91 Å². The molecule has 1 aromatic heterocycles. The lowest BCUT2D eigenvalue weighted by molar-refractivity contribution is -0.127. The Hall–Kier alpha value is -2.87. The Morgan fingerprint density at radius 2 is 2.04 bits per heavy atom. The molecule has 2 N–H and O–H groups in total. The van der Waals surface area contributed by atoms with Crippen LogP contribution in [0.3, 0.4) is 0 Å². The number of likely N-dealkylation sites (N-methyl/N-ethyl adjacent to an activating group) is 1. The van der Waals surface area contributed by atoms with Crippen molar-refractivity contribution in [1.29, 1.82) is 0 Å². The quantitative estimate of drug-likeness (QED) is 0.747. The molecule has 0 saturated carbocycles. The number of nitrogens with one attached hydrogen (secondary N) is 2. The normalized spacial score (nSPS) is 10.4. The topological polar surface area (TPSA) is 88.5 Å². The van der Waals surface area contributed by atoms with E-state index < -0.39 is 0 Å². The van der Waals surface area contributed by atoms with Crippen molar-refractivity contribution in [3.63, 3.8) is 0 Å². The van der Waals surface area contributed by atoms with Gasteiger partial charge in [0.25, 0.3) is 0 Å². The van der Waals surface area contributed by atoms with Gasteiger partial charge in [-0.05, 0) is 11.6 Å². The summed E-state index contributed by atoms with van der Waals surface area (Å²) in [5, 5.41) is 5.61. The van der Waals surface area contributed by atoms with Crippen LogP contribution < -0.4 is 10.6 Å². The van der Waals surface area contributed by atoms with Gasteiger partial charge in [0.05, 0.1) is 31.6 Å². The number of para-hydroxylation sites is 1. The molecule has 8 heteroatoms. The van der Waals surface area contributed by atoms with Gasteiger partial charge in [-0.15, -0.1) is 0 Å². The minimum atomic E-state index is -0.339. The Kier molecular flexibility index (Phi) is 7.16. The molecule has 0 aliphatic heterocycles. The fourth-order valence-electron chi connectivity index (χ4n) is 2.34. The molecule has 0 aliphatic carbocycles. The summed E-state index contributed by atoms with van der Waals surface area (Å²) in [6.45, 7) is 1.59. The second kappa shape index (κ2) is 9.57. The molecule has 0 aliphatic rings. The predicted molar refractivity (Wildman–Crippen MR) is 98.8 cm³/mol. The van der Waals surface area contributed by atoms with Crippen LogP contribution in [0.4, 0.5) is 10.5 Å². The first-order chi connectivity index (χ1) is 12.5. The van der Waals surface area contributed by atoms with Crippen molar-refractivity contribution in [3.05, 3.63) is 48.0 Å². The number of methoxy groups -OCH3 is 1. The lowest BCUT2D eigenvalue weighted by Gasteiger charge is -2.14. The molecular weight excluding hydrogens is 334 g/mol. The van der Waals surface area contributed by atoms with Gasteiger partial charge in [0, 0.05) is 39.6 Å². The summed E-state index contributed by atoms with van der Waals surface area (Å²) in [6, 6.07) is 6.93. The van der Waals surface area contributed by atoms with Crippen LogP contribution in [0, 0.1) is 0 Å². The second-order valence-electron chi connectivity index (χ2n) is 6.00. The molecule has 0 fully saturated rings. The number of imidazole rings is 1. The van der Waals surface area contributed by atoms with E-state index in [9.17, 15) is 9.59 Å². The summed E-state index contributed by atoms with van der Waals surface area (Å²) in [7, 11) is 5.05. The van der Waals surface area contributed by atoms with E-state index in [1.807, 2.05) is 22.8 Å². The maximum Gasteiger partial charge on any atom is 0.319 e. The summed E-state index contributed by atoms with van der Waals surface area (Å²) in [5.74, 6) is -0.0262. The summed E-state index contributed by atoms with van der Waals surface area (Å²) >= 11 is 0. The van der Waals surface area contributed by atoms with Gasteiger partial charge in [-0.3, -0.25) is 4.79 Å². The fourth-order valence-corrected chi connectivity index (χ4v) is 2.34. The summed E-state index contributed by atoms with van der Waals surface area (Å²) < 4.78 is 6.98. The number of urea groups is 1. The van der Waals surface area contributed by atoms with Crippen LogP contribution in [0.2, 0.25) is 0 Å². The highest BCUT2D eigenvalue weighted by Crippen LogP contribution is 2.16. The van der Waals surface area contributed by atoms with Crippen molar-refractivity contribution in [2.45, 2.75) is 19.5 Å². The molecule has 0 atom stereocenters. The van der Waals surface area contributed by atoms with Crippen LogP contribution in [-0.2, 0) is 29.0 Å². The lowest BCUT2D eigenvalue weighted by Crippen LogP contribution is -2.30. The highest BCUT2D eigenvalue weighted by molar-refractivity contribution is 5.91.